The van der Waals surface area contributed by atoms with Crippen molar-refractivity contribution in [3.63, 3.8) is 0 Å². The fraction of sp³-hybridized carbons (Fsp3) is 0.588. The summed E-state index contributed by atoms with van der Waals surface area (Å²) in [6, 6.07) is 6.22. The van der Waals surface area contributed by atoms with Gasteiger partial charge >= 0.3 is 0 Å². The molecule has 0 atom stereocenters. The summed E-state index contributed by atoms with van der Waals surface area (Å²) in [6.45, 7) is 6.35. The van der Waals surface area contributed by atoms with Crippen molar-refractivity contribution >= 4 is 15.9 Å². The number of morpholine rings is 1. The average molecular weight is 354 g/mol. The van der Waals surface area contributed by atoms with E-state index in [9.17, 15) is 13.2 Å². The molecule has 1 aromatic rings. The van der Waals surface area contributed by atoms with E-state index < -0.39 is 10.0 Å². The maximum Gasteiger partial charge on any atom is 0.251 e. The molecule has 7 heteroatoms. The van der Waals surface area contributed by atoms with Gasteiger partial charge in [-0.2, -0.15) is 4.31 Å². The molecule has 1 amide bonds. The van der Waals surface area contributed by atoms with Crippen molar-refractivity contribution in [3.05, 3.63) is 29.8 Å². The quantitative estimate of drug-likeness (QED) is 0.759. The number of hydrogen-bond acceptors (Lipinski definition) is 4. The van der Waals surface area contributed by atoms with E-state index in [4.69, 9.17) is 4.74 Å². The summed E-state index contributed by atoms with van der Waals surface area (Å²) < 4.78 is 31.9. The first-order valence-electron chi connectivity index (χ1n) is 8.37. The Bertz CT molecular complexity index is 652. The SMILES string of the molecule is CC(C)CCCNC(=O)c1cccc(S(=O)(=O)N2CCOCC2)c1. The smallest absolute Gasteiger partial charge is 0.251 e. The molecular weight excluding hydrogens is 328 g/mol. The molecule has 0 radical (unpaired) electrons. The molecule has 6 nitrogen and oxygen atoms in total. The Hall–Kier alpha value is -1.44. The monoisotopic (exact) mass is 354 g/mol. The molecule has 2 rings (SSSR count). The maximum absolute atomic E-state index is 12.6. The molecule has 0 bridgehead atoms. The number of ether oxygens (including phenoxy) is 1. The predicted octanol–water partition coefficient (Wildman–Crippen LogP) is 1.87. The van der Waals surface area contributed by atoms with E-state index in [0.29, 0.717) is 44.3 Å². The van der Waals surface area contributed by atoms with Crippen molar-refractivity contribution in [2.24, 2.45) is 5.92 Å². The van der Waals surface area contributed by atoms with Crippen LogP contribution in [0.5, 0.6) is 0 Å². The molecule has 0 spiro atoms. The van der Waals surface area contributed by atoms with E-state index in [1.165, 1.54) is 16.4 Å². The van der Waals surface area contributed by atoms with Crippen LogP contribution in [-0.4, -0.2) is 51.5 Å². The highest BCUT2D eigenvalue weighted by Crippen LogP contribution is 2.18. The number of benzene rings is 1. The van der Waals surface area contributed by atoms with Crippen LogP contribution in [-0.2, 0) is 14.8 Å². The van der Waals surface area contributed by atoms with E-state index in [1.807, 2.05) is 0 Å². The summed E-state index contributed by atoms with van der Waals surface area (Å²) in [7, 11) is -3.58. The number of sulfonamides is 1. The van der Waals surface area contributed by atoms with Gasteiger partial charge in [-0.15, -0.1) is 0 Å². The maximum atomic E-state index is 12.6. The lowest BCUT2D eigenvalue weighted by Gasteiger charge is -2.26. The van der Waals surface area contributed by atoms with Gasteiger partial charge in [0, 0.05) is 25.2 Å². The van der Waals surface area contributed by atoms with Crippen molar-refractivity contribution in [1.29, 1.82) is 0 Å². The normalized spacial score (nSPS) is 16.3. The predicted molar refractivity (Wildman–Crippen MR) is 92.4 cm³/mol. The first kappa shape index (κ1) is 18.9. The van der Waals surface area contributed by atoms with Crippen LogP contribution in [0.4, 0.5) is 0 Å². The van der Waals surface area contributed by atoms with E-state index in [2.05, 4.69) is 19.2 Å². The van der Waals surface area contributed by atoms with E-state index in [0.717, 1.165) is 12.8 Å². The summed E-state index contributed by atoms with van der Waals surface area (Å²) in [5.41, 5.74) is 0.369. The molecule has 0 aromatic heterocycles. The molecule has 1 aliphatic rings. The highest BCUT2D eigenvalue weighted by Gasteiger charge is 2.26. The van der Waals surface area contributed by atoms with Crippen molar-refractivity contribution in [2.75, 3.05) is 32.8 Å². The number of amides is 1. The molecule has 0 unspecified atom stereocenters. The zero-order chi connectivity index (χ0) is 17.6. The second-order valence-corrected chi connectivity index (χ2v) is 8.27. The molecule has 1 aliphatic heterocycles. The lowest BCUT2D eigenvalue weighted by molar-refractivity contribution is 0.0730. The summed E-state index contributed by atoms with van der Waals surface area (Å²) >= 11 is 0. The first-order valence-corrected chi connectivity index (χ1v) is 9.81. The molecule has 134 valence electrons. The molecule has 0 aliphatic carbocycles. The number of hydrogen-bond donors (Lipinski definition) is 1. The van der Waals surface area contributed by atoms with Crippen LogP contribution in [0.1, 0.15) is 37.0 Å². The van der Waals surface area contributed by atoms with Crippen LogP contribution >= 0.6 is 0 Å². The summed E-state index contributed by atoms with van der Waals surface area (Å²) in [5.74, 6) is 0.363. The third-order valence-corrected chi connectivity index (χ3v) is 5.84. The summed E-state index contributed by atoms with van der Waals surface area (Å²) in [5, 5.41) is 2.85. The number of rotatable bonds is 7. The highest BCUT2D eigenvalue weighted by atomic mass is 32.2. The molecule has 0 saturated carbocycles. The van der Waals surface area contributed by atoms with Crippen molar-refractivity contribution in [2.45, 2.75) is 31.6 Å². The Labute approximate surface area is 144 Å². The van der Waals surface area contributed by atoms with E-state index >= 15 is 0 Å². The Balaban J connectivity index is 2.03. The van der Waals surface area contributed by atoms with Crippen molar-refractivity contribution in [3.8, 4) is 0 Å². The fourth-order valence-corrected chi connectivity index (χ4v) is 4.00. The number of nitrogens with zero attached hydrogens (tertiary/aromatic N) is 1. The zero-order valence-electron chi connectivity index (χ0n) is 14.3. The third kappa shape index (κ3) is 5.03. The molecular formula is C17H26N2O4S. The van der Waals surface area contributed by atoms with E-state index in [-0.39, 0.29) is 10.8 Å². The van der Waals surface area contributed by atoms with Gasteiger partial charge in [0.1, 0.15) is 0 Å². The standard InChI is InChI=1S/C17H26N2O4S/c1-14(2)5-4-8-18-17(20)15-6-3-7-16(13-15)24(21,22)19-9-11-23-12-10-19/h3,6-7,13-14H,4-5,8-12H2,1-2H3,(H,18,20). The third-order valence-electron chi connectivity index (χ3n) is 3.95. The van der Waals surface area contributed by atoms with Gasteiger partial charge in [0.15, 0.2) is 0 Å². The Morgan fingerprint density at radius 2 is 2.00 bits per heavy atom. The molecule has 1 aromatic carbocycles. The van der Waals surface area contributed by atoms with Gasteiger partial charge in [0.05, 0.1) is 18.1 Å². The average Bonchev–Trinajstić information content (AvgIpc) is 2.59. The summed E-state index contributed by atoms with van der Waals surface area (Å²) in [4.78, 5) is 12.4. The lowest BCUT2D eigenvalue weighted by Crippen LogP contribution is -2.40. The first-order chi connectivity index (χ1) is 11.4. The number of carbonyl (C=O) groups is 1. The lowest BCUT2D eigenvalue weighted by atomic mass is 10.1. The van der Waals surface area contributed by atoms with Gasteiger partial charge in [0.25, 0.3) is 5.91 Å². The Morgan fingerprint density at radius 1 is 1.29 bits per heavy atom. The molecule has 1 saturated heterocycles. The Morgan fingerprint density at radius 3 is 2.67 bits per heavy atom. The van der Waals surface area contributed by atoms with Gasteiger partial charge < -0.3 is 10.1 Å². The number of nitrogens with one attached hydrogen (secondary N) is 1. The van der Waals surface area contributed by atoms with Gasteiger partial charge in [-0.25, -0.2) is 8.42 Å². The van der Waals surface area contributed by atoms with Crippen LogP contribution in [0.2, 0.25) is 0 Å². The second-order valence-electron chi connectivity index (χ2n) is 6.34. The second kappa shape index (κ2) is 8.60. The molecule has 1 fully saturated rings. The fourth-order valence-electron chi connectivity index (χ4n) is 2.55. The Kier molecular flexibility index (Phi) is 6.77. The van der Waals surface area contributed by atoms with Gasteiger partial charge in [-0.05, 0) is 37.0 Å². The molecule has 24 heavy (non-hydrogen) atoms. The summed E-state index contributed by atoms with van der Waals surface area (Å²) in [6.07, 6.45) is 1.96. The van der Waals surface area contributed by atoms with Gasteiger partial charge in [-0.3, -0.25) is 4.79 Å². The van der Waals surface area contributed by atoms with Crippen LogP contribution in [0.15, 0.2) is 29.2 Å². The molecule has 1 heterocycles. The zero-order valence-corrected chi connectivity index (χ0v) is 15.1. The molecule has 1 N–H and O–H groups in total. The van der Waals surface area contributed by atoms with Crippen LogP contribution in [0.25, 0.3) is 0 Å². The number of carbonyl (C=O) groups excluding carboxylic acids is 1. The highest BCUT2D eigenvalue weighted by molar-refractivity contribution is 7.89. The minimum atomic E-state index is -3.58. The minimum Gasteiger partial charge on any atom is -0.379 e. The largest absolute Gasteiger partial charge is 0.379 e. The van der Waals surface area contributed by atoms with Gasteiger partial charge in [-0.1, -0.05) is 19.9 Å². The van der Waals surface area contributed by atoms with Crippen molar-refractivity contribution < 1.29 is 17.9 Å². The van der Waals surface area contributed by atoms with E-state index in [1.54, 1.807) is 12.1 Å². The van der Waals surface area contributed by atoms with Crippen LogP contribution in [0.3, 0.4) is 0 Å². The van der Waals surface area contributed by atoms with Crippen LogP contribution in [0, 0.1) is 5.92 Å². The van der Waals surface area contributed by atoms with Crippen LogP contribution < -0.4 is 5.32 Å². The van der Waals surface area contributed by atoms with Crippen molar-refractivity contribution in [1.82, 2.24) is 9.62 Å². The topological polar surface area (TPSA) is 75.7 Å². The van der Waals surface area contributed by atoms with Gasteiger partial charge in [0.2, 0.25) is 10.0 Å². The minimum absolute atomic E-state index is 0.152.